The maximum Gasteiger partial charge on any atom is 0.255 e. The molecule has 1 N–H and O–H groups in total. The number of aryl methyl sites for hydroxylation is 1. The molecule has 6 heteroatoms. The highest BCUT2D eigenvalue weighted by molar-refractivity contribution is 6.31. The first kappa shape index (κ1) is 18.5. The molecule has 1 saturated heterocycles. The van der Waals surface area contributed by atoms with Crippen LogP contribution in [0, 0.1) is 13.8 Å². The SMILES string of the molecule is Cc1nn(Cc2ccccc2Cl)c(C)c1C(=O)NC1CCN(C2CC2)CC1. The third-order valence-corrected chi connectivity index (χ3v) is 6.18. The number of benzene rings is 1. The number of nitrogens with zero attached hydrogens (tertiary/aromatic N) is 3. The van der Waals surface area contributed by atoms with Gasteiger partial charge in [-0.15, -0.1) is 0 Å². The summed E-state index contributed by atoms with van der Waals surface area (Å²) in [5.74, 6) is 0.000260. The van der Waals surface area contributed by atoms with Crippen molar-refractivity contribution in [2.24, 2.45) is 0 Å². The zero-order chi connectivity index (χ0) is 19.0. The van der Waals surface area contributed by atoms with E-state index in [0.717, 1.165) is 53.9 Å². The number of nitrogens with one attached hydrogen (secondary N) is 1. The van der Waals surface area contributed by atoms with E-state index in [-0.39, 0.29) is 11.9 Å². The molecule has 1 amide bonds. The summed E-state index contributed by atoms with van der Waals surface area (Å²) in [4.78, 5) is 15.5. The molecule has 1 aliphatic carbocycles. The molecule has 0 bridgehead atoms. The molecule has 1 saturated carbocycles. The Bertz CT molecular complexity index is 835. The fourth-order valence-electron chi connectivity index (χ4n) is 4.07. The van der Waals surface area contributed by atoms with Crippen molar-refractivity contribution < 1.29 is 4.79 Å². The number of halogens is 1. The molecular weight excluding hydrogens is 360 g/mol. The van der Waals surface area contributed by atoms with Crippen molar-refractivity contribution >= 4 is 17.5 Å². The molecule has 5 nitrogen and oxygen atoms in total. The first-order valence-corrected chi connectivity index (χ1v) is 10.2. The van der Waals surface area contributed by atoms with Gasteiger partial charge in [0, 0.05) is 35.9 Å². The second kappa shape index (κ2) is 7.64. The van der Waals surface area contributed by atoms with Gasteiger partial charge >= 0.3 is 0 Å². The predicted molar refractivity (Wildman–Crippen MR) is 107 cm³/mol. The van der Waals surface area contributed by atoms with E-state index in [9.17, 15) is 4.79 Å². The van der Waals surface area contributed by atoms with Crippen LogP contribution in [-0.4, -0.2) is 45.8 Å². The van der Waals surface area contributed by atoms with Gasteiger partial charge in [0.05, 0.1) is 17.8 Å². The van der Waals surface area contributed by atoms with Crippen LogP contribution in [0.1, 0.15) is 53.0 Å². The van der Waals surface area contributed by atoms with Crippen LogP contribution in [-0.2, 0) is 6.54 Å². The summed E-state index contributed by atoms with van der Waals surface area (Å²) >= 11 is 6.28. The van der Waals surface area contributed by atoms with Crippen LogP contribution in [0.2, 0.25) is 5.02 Å². The number of likely N-dealkylation sites (tertiary alicyclic amines) is 1. The summed E-state index contributed by atoms with van der Waals surface area (Å²) in [5, 5.41) is 8.55. The van der Waals surface area contributed by atoms with Crippen LogP contribution in [0.15, 0.2) is 24.3 Å². The zero-order valence-electron chi connectivity index (χ0n) is 16.0. The van der Waals surface area contributed by atoms with Gasteiger partial charge in [-0.25, -0.2) is 0 Å². The average molecular weight is 387 g/mol. The standard InChI is InChI=1S/C21H27ClN4O/c1-14-20(15(2)26(24-14)13-16-5-3-4-6-19(16)22)21(27)23-17-9-11-25(12-10-17)18-7-8-18/h3-6,17-18H,7-13H2,1-2H3,(H,23,27). The normalized spacial score (nSPS) is 18.6. The number of rotatable bonds is 5. The minimum absolute atomic E-state index is 0.000260. The van der Waals surface area contributed by atoms with E-state index >= 15 is 0 Å². The van der Waals surface area contributed by atoms with Gasteiger partial charge in [-0.2, -0.15) is 5.10 Å². The summed E-state index contributed by atoms with van der Waals surface area (Å²) in [5.41, 5.74) is 3.36. The Kier molecular flexibility index (Phi) is 5.24. The highest BCUT2D eigenvalue weighted by atomic mass is 35.5. The second-order valence-corrected chi connectivity index (χ2v) is 8.22. The Morgan fingerprint density at radius 1 is 1.19 bits per heavy atom. The fourth-order valence-corrected chi connectivity index (χ4v) is 4.27. The molecule has 2 aliphatic rings. The number of aromatic nitrogens is 2. The minimum Gasteiger partial charge on any atom is -0.349 e. The molecule has 2 aromatic rings. The molecular formula is C21H27ClN4O. The van der Waals surface area contributed by atoms with E-state index in [1.165, 1.54) is 12.8 Å². The van der Waals surface area contributed by atoms with E-state index < -0.39 is 0 Å². The first-order chi connectivity index (χ1) is 13.0. The summed E-state index contributed by atoms with van der Waals surface area (Å²) in [6, 6.07) is 8.83. The van der Waals surface area contributed by atoms with Crippen molar-refractivity contribution in [3.63, 3.8) is 0 Å². The molecule has 1 aliphatic heterocycles. The summed E-state index contributed by atoms with van der Waals surface area (Å²) in [6.45, 7) is 6.63. The molecule has 0 spiro atoms. The van der Waals surface area contributed by atoms with Crippen LogP contribution < -0.4 is 5.32 Å². The Hall–Kier alpha value is -1.85. The van der Waals surface area contributed by atoms with Crippen LogP contribution >= 0.6 is 11.6 Å². The Labute approximate surface area is 165 Å². The van der Waals surface area contributed by atoms with E-state index in [2.05, 4.69) is 15.3 Å². The molecule has 144 valence electrons. The van der Waals surface area contributed by atoms with Crippen molar-refractivity contribution in [1.82, 2.24) is 20.0 Å². The molecule has 0 atom stereocenters. The lowest BCUT2D eigenvalue weighted by Gasteiger charge is -2.32. The third-order valence-electron chi connectivity index (χ3n) is 5.81. The maximum absolute atomic E-state index is 12.9. The number of amides is 1. The number of carbonyl (C=O) groups is 1. The lowest BCUT2D eigenvalue weighted by atomic mass is 10.0. The van der Waals surface area contributed by atoms with Crippen molar-refractivity contribution in [2.75, 3.05) is 13.1 Å². The fraction of sp³-hybridized carbons (Fsp3) is 0.524. The zero-order valence-corrected chi connectivity index (χ0v) is 16.8. The molecule has 2 heterocycles. The Morgan fingerprint density at radius 3 is 2.56 bits per heavy atom. The number of hydrogen-bond donors (Lipinski definition) is 1. The average Bonchev–Trinajstić information content (AvgIpc) is 3.44. The number of hydrogen-bond acceptors (Lipinski definition) is 3. The van der Waals surface area contributed by atoms with E-state index in [1.807, 2.05) is 42.8 Å². The lowest BCUT2D eigenvalue weighted by Crippen LogP contribution is -2.45. The molecule has 27 heavy (non-hydrogen) atoms. The molecule has 1 aromatic carbocycles. The van der Waals surface area contributed by atoms with Gasteiger partial charge < -0.3 is 10.2 Å². The van der Waals surface area contributed by atoms with E-state index in [1.54, 1.807) is 0 Å². The quantitative estimate of drug-likeness (QED) is 0.854. The largest absolute Gasteiger partial charge is 0.349 e. The van der Waals surface area contributed by atoms with Gasteiger partial charge in [0.25, 0.3) is 5.91 Å². The smallest absolute Gasteiger partial charge is 0.255 e. The minimum atomic E-state index is 0.000260. The topological polar surface area (TPSA) is 50.2 Å². The number of piperidine rings is 1. The lowest BCUT2D eigenvalue weighted by molar-refractivity contribution is 0.0907. The second-order valence-electron chi connectivity index (χ2n) is 7.81. The van der Waals surface area contributed by atoms with Gasteiger partial charge in [0.2, 0.25) is 0 Å². The molecule has 0 unspecified atom stereocenters. The van der Waals surface area contributed by atoms with Crippen molar-refractivity contribution in [3.05, 3.63) is 51.8 Å². The van der Waals surface area contributed by atoms with Crippen LogP contribution in [0.25, 0.3) is 0 Å². The Balaban J connectivity index is 1.43. The van der Waals surface area contributed by atoms with Crippen molar-refractivity contribution in [2.45, 2.75) is 58.2 Å². The first-order valence-electron chi connectivity index (χ1n) is 9.85. The predicted octanol–water partition coefficient (Wildman–Crippen LogP) is 3.56. The highest BCUT2D eigenvalue weighted by Crippen LogP contribution is 2.29. The summed E-state index contributed by atoms with van der Waals surface area (Å²) in [7, 11) is 0. The highest BCUT2D eigenvalue weighted by Gasteiger charge is 2.32. The monoisotopic (exact) mass is 386 g/mol. The maximum atomic E-state index is 12.9. The number of carbonyl (C=O) groups excluding carboxylic acids is 1. The van der Waals surface area contributed by atoms with Gasteiger partial charge in [-0.3, -0.25) is 9.48 Å². The van der Waals surface area contributed by atoms with Gasteiger partial charge in [0.1, 0.15) is 0 Å². The summed E-state index contributed by atoms with van der Waals surface area (Å²) in [6.07, 6.45) is 4.77. The van der Waals surface area contributed by atoms with Crippen LogP contribution in [0.5, 0.6) is 0 Å². The molecule has 4 rings (SSSR count). The van der Waals surface area contributed by atoms with E-state index in [4.69, 9.17) is 11.6 Å². The summed E-state index contributed by atoms with van der Waals surface area (Å²) < 4.78 is 1.88. The van der Waals surface area contributed by atoms with Crippen molar-refractivity contribution in [1.29, 1.82) is 0 Å². The molecule has 2 fully saturated rings. The van der Waals surface area contributed by atoms with Crippen LogP contribution in [0.3, 0.4) is 0 Å². The van der Waals surface area contributed by atoms with Gasteiger partial charge in [0.15, 0.2) is 0 Å². The van der Waals surface area contributed by atoms with E-state index in [0.29, 0.717) is 12.1 Å². The van der Waals surface area contributed by atoms with Gasteiger partial charge in [-0.05, 0) is 51.2 Å². The molecule has 0 radical (unpaired) electrons. The van der Waals surface area contributed by atoms with Crippen LogP contribution in [0.4, 0.5) is 0 Å². The third kappa shape index (κ3) is 4.04. The molecule has 1 aromatic heterocycles. The van der Waals surface area contributed by atoms with Crippen molar-refractivity contribution in [3.8, 4) is 0 Å². The Morgan fingerprint density at radius 2 is 1.89 bits per heavy atom. The van der Waals surface area contributed by atoms with Gasteiger partial charge in [-0.1, -0.05) is 29.8 Å².